The van der Waals surface area contributed by atoms with Crippen molar-refractivity contribution >= 4 is 37.3 Å². The smallest absolute Gasteiger partial charge is 0.229 e. The number of hydrogen-bond donors (Lipinski definition) is 2. The van der Waals surface area contributed by atoms with E-state index in [9.17, 15) is 16.8 Å². The first-order valence-electron chi connectivity index (χ1n) is 11.2. The van der Waals surface area contributed by atoms with E-state index in [1.54, 1.807) is 19.2 Å². The van der Waals surface area contributed by atoms with Crippen LogP contribution in [-0.4, -0.2) is 41.8 Å². The van der Waals surface area contributed by atoms with E-state index in [0.717, 1.165) is 34.1 Å². The average molecular weight is 551 g/mol. The van der Waals surface area contributed by atoms with Crippen molar-refractivity contribution in [1.82, 2.24) is 4.72 Å². The van der Waals surface area contributed by atoms with Gasteiger partial charge in [-0.3, -0.25) is 4.72 Å². The molecule has 0 saturated carbocycles. The monoisotopic (exact) mass is 550 g/mol. The molecule has 1 aliphatic heterocycles. The summed E-state index contributed by atoms with van der Waals surface area (Å²) in [5, 5.41) is 0. The summed E-state index contributed by atoms with van der Waals surface area (Å²) in [4.78, 5) is 0. The van der Waals surface area contributed by atoms with Gasteiger partial charge in [0.15, 0.2) is 0 Å². The Bertz CT molecular complexity index is 1480. The maximum absolute atomic E-state index is 12.2. The second-order valence-corrected chi connectivity index (χ2v) is 12.5. The Morgan fingerprint density at radius 2 is 1.81 bits per heavy atom. The van der Waals surface area contributed by atoms with Gasteiger partial charge in [0.25, 0.3) is 0 Å². The number of methoxy groups -OCH3 is 1. The van der Waals surface area contributed by atoms with Crippen molar-refractivity contribution in [3.8, 4) is 22.6 Å². The maximum Gasteiger partial charge on any atom is 0.229 e. The van der Waals surface area contributed by atoms with Crippen LogP contribution in [0, 0.1) is 0 Å². The number of sulfonamides is 2. The van der Waals surface area contributed by atoms with Crippen LogP contribution in [0.2, 0.25) is 0 Å². The van der Waals surface area contributed by atoms with Crippen LogP contribution in [0.4, 0.5) is 5.69 Å². The number of alkyl halides is 1. The van der Waals surface area contributed by atoms with Crippen LogP contribution in [0.5, 0.6) is 11.5 Å². The first-order valence-corrected chi connectivity index (χ1v) is 15.3. The van der Waals surface area contributed by atoms with Crippen LogP contribution in [-0.2, 0) is 26.6 Å². The zero-order valence-corrected chi connectivity index (χ0v) is 22.2. The molecule has 2 N–H and O–H groups in total. The molecule has 0 aromatic heterocycles. The molecular weight excluding hydrogens is 524 g/mol. The summed E-state index contributed by atoms with van der Waals surface area (Å²) in [6.07, 6.45) is 0.904. The molecule has 36 heavy (non-hydrogen) atoms. The number of halogens is 1. The number of ether oxygens (including phenoxy) is 2. The van der Waals surface area contributed by atoms with E-state index in [-0.39, 0.29) is 18.2 Å². The Morgan fingerprint density at radius 1 is 1.03 bits per heavy atom. The molecule has 1 heterocycles. The molecule has 0 spiro atoms. The van der Waals surface area contributed by atoms with Crippen molar-refractivity contribution in [3.63, 3.8) is 0 Å². The Balaban J connectivity index is 1.73. The Labute approximate surface area is 216 Å². The molecule has 3 aromatic carbocycles. The van der Waals surface area contributed by atoms with Crippen molar-refractivity contribution < 1.29 is 26.3 Å². The van der Waals surface area contributed by atoms with Gasteiger partial charge in [-0.2, -0.15) is 0 Å². The zero-order chi connectivity index (χ0) is 25.9. The fourth-order valence-corrected chi connectivity index (χ4v) is 6.05. The van der Waals surface area contributed by atoms with Gasteiger partial charge in [0.1, 0.15) is 17.6 Å². The van der Waals surface area contributed by atoms with Gasteiger partial charge in [0, 0.05) is 23.7 Å². The lowest BCUT2D eigenvalue weighted by Gasteiger charge is -2.30. The highest BCUT2D eigenvalue weighted by Gasteiger charge is 2.30. The Morgan fingerprint density at radius 3 is 2.53 bits per heavy atom. The number of hydrogen-bond acceptors (Lipinski definition) is 6. The van der Waals surface area contributed by atoms with E-state index < -0.39 is 26.2 Å². The van der Waals surface area contributed by atoms with Crippen LogP contribution in [0.25, 0.3) is 11.1 Å². The molecule has 0 bridgehead atoms. The lowest BCUT2D eigenvalue weighted by molar-refractivity contribution is 0.242. The van der Waals surface area contributed by atoms with Crippen LogP contribution >= 0.6 is 11.6 Å². The molecule has 0 aliphatic carbocycles. The molecule has 1 atom stereocenters. The SMILES string of the molecule is COc1cccc2c1-c1ccc(NS(C)(=O)=O)cc1C(c1cccc(CNS(=O)(=O)CCCCl)c1)O2. The van der Waals surface area contributed by atoms with Gasteiger partial charge in [0.2, 0.25) is 20.0 Å². The number of anilines is 1. The second kappa shape index (κ2) is 10.7. The topological polar surface area (TPSA) is 111 Å². The lowest BCUT2D eigenvalue weighted by Crippen LogP contribution is -2.26. The molecule has 11 heteroatoms. The predicted molar refractivity (Wildman–Crippen MR) is 142 cm³/mol. The minimum atomic E-state index is -3.48. The lowest BCUT2D eigenvalue weighted by atomic mass is 9.88. The molecule has 8 nitrogen and oxygen atoms in total. The zero-order valence-electron chi connectivity index (χ0n) is 19.8. The quantitative estimate of drug-likeness (QED) is 0.365. The molecule has 0 fully saturated rings. The van der Waals surface area contributed by atoms with Crippen molar-refractivity contribution in [3.05, 3.63) is 77.4 Å². The number of nitrogens with one attached hydrogen (secondary N) is 2. The van der Waals surface area contributed by atoms with Crippen molar-refractivity contribution in [1.29, 1.82) is 0 Å². The summed E-state index contributed by atoms with van der Waals surface area (Å²) in [7, 11) is -5.34. The first kappa shape index (κ1) is 26.3. The summed E-state index contributed by atoms with van der Waals surface area (Å²) >= 11 is 5.62. The van der Waals surface area contributed by atoms with Crippen LogP contribution in [0.1, 0.15) is 29.2 Å². The van der Waals surface area contributed by atoms with Gasteiger partial charge >= 0.3 is 0 Å². The largest absolute Gasteiger partial charge is 0.496 e. The number of benzene rings is 3. The normalized spacial score (nSPS) is 14.9. The molecule has 0 amide bonds. The van der Waals surface area contributed by atoms with E-state index in [4.69, 9.17) is 21.1 Å². The van der Waals surface area contributed by atoms with E-state index in [1.165, 1.54) is 0 Å². The average Bonchev–Trinajstić information content (AvgIpc) is 2.84. The summed E-state index contributed by atoms with van der Waals surface area (Å²) in [6.45, 7) is 0.123. The third-order valence-electron chi connectivity index (χ3n) is 5.66. The third kappa shape index (κ3) is 6.12. The van der Waals surface area contributed by atoms with Crippen molar-refractivity contribution in [2.75, 3.05) is 29.7 Å². The summed E-state index contributed by atoms with van der Waals surface area (Å²) in [6, 6.07) is 18.2. The predicted octanol–water partition coefficient (Wildman–Crippen LogP) is 4.26. The maximum atomic E-state index is 12.2. The summed E-state index contributed by atoms with van der Waals surface area (Å²) < 4.78 is 65.2. The van der Waals surface area contributed by atoms with Gasteiger partial charge in [-0.1, -0.05) is 36.4 Å². The minimum Gasteiger partial charge on any atom is -0.496 e. The fraction of sp³-hybridized carbons (Fsp3) is 0.280. The minimum absolute atomic E-state index is 0.0377. The molecule has 0 saturated heterocycles. The fourth-order valence-electron chi connectivity index (χ4n) is 4.14. The second-order valence-electron chi connectivity index (χ2n) is 8.44. The Hall–Kier alpha value is -2.79. The molecule has 192 valence electrons. The molecular formula is C25H27ClN2O6S2. The van der Waals surface area contributed by atoms with Gasteiger partial charge in [-0.15, -0.1) is 11.6 Å². The van der Waals surface area contributed by atoms with Gasteiger partial charge < -0.3 is 9.47 Å². The number of fused-ring (bicyclic) bond motifs is 3. The number of rotatable bonds is 10. The van der Waals surface area contributed by atoms with Gasteiger partial charge in [0.05, 0.1) is 24.7 Å². The van der Waals surface area contributed by atoms with E-state index in [0.29, 0.717) is 23.6 Å². The van der Waals surface area contributed by atoms with Gasteiger partial charge in [-0.05, 0) is 47.4 Å². The molecule has 0 radical (unpaired) electrons. The molecule has 1 unspecified atom stereocenters. The van der Waals surface area contributed by atoms with E-state index in [2.05, 4.69) is 9.44 Å². The highest BCUT2D eigenvalue weighted by atomic mass is 35.5. The van der Waals surface area contributed by atoms with Crippen LogP contribution in [0.3, 0.4) is 0 Å². The van der Waals surface area contributed by atoms with Crippen LogP contribution in [0.15, 0.2) is 60.7 Å². The molecule has 3 aromatic rings. The molecule has 4 rings (SSSR count). The van der Waals surface area contributed by atoms with E-state index >= 15 is 0 Å². The van der Waals surface area contributed by atoms with E-state index in [1.807, 2.05) is 48.5 Å². The van der Waals surface area contributed by atoms with Gasteiger partial charge in [-0.25, -0.2) is 21.6 Å². The van der Waals surface area contributed by atoms with Crippen molar-refractivity contribution in [2.24, 2.45) is 0 Å². The van der Waals surface area contributed by atoms with Crippen molar-refractivity contribution in [2.45, 2.75) is 19.1 Å². The summed E-state index contributed by atoms with van der Waals surface area (Å²) in [5.74, 6) is 1.50. The molecule has 1 aliphatic rings. The summed E-state index contributed by atoms with van der Waals surface area (Å²) in [5.41, 5.74) is 4.34. The highest BCUT2D eigenvalue weighted by Crippen LogP contribution is 2.49. The third-order valence-corrected chi connectivity index (χ3v) is 7.94. The highest BCUT2D eigenvalue weighted by molar-refractivity contribution is 7.92. The first-order chi connectivity index (χ1) is 17.1. The Kier molecular flexibility index (Phi) is 7.79. The standard InChI is InChI=1S/C25H27ClN2O6S2/c1-33-22-8-4-9-23-24(22)20-11-10-19(28-35(2,29)30)15-21(20)25(34-23)18-7-3-6-17(14-18)16-27-36(31,32)13-5-12-26/h3-4,6-11,14-15,25,27-28H,5,12-13,16H2,1-2H3. The van der Waals surface area contributed by atoms with Crippen LogP contribution < -0.4 is 18.9 Å².